The molecule has 0 spiro atoms. The van der Waals surface area contributed by atoms with Gasteiger partial charge in [-0.15, -0.1) is 0 Å². The molecule has 1 N–H and O–H groups in total. The maximum Gasteiger partial charge on any atom is 0.332 e. The van der Waals surface area contributed by atoms with Gasteiger partial charge in [-0.05, 0) is 31.4 Å². The molecule has 0 unspecified atom stereocenters. The maximum absolute atomic E-state index is 13.1. The van der Waals surface area contributed by atoms with Crippen molar-refractivity contribution in [2.45, 2.75) is 33.4 Å². The Morgan fingerprint density at radius 1 is 1.18 bits per heavy atom. The number of aryl methyl sites for hydroxylation is 2. The van der Waals surface area contributed by atoms with Crippen molar-refractivity contribution in [3.63, 3.8) is 0 Å². The zero-order valence-electron chi connectivity index (χ0n) is 16.4. The molecule has 2 aromatic heterocycles. The van der Waals surface area contributed by atoms with Crippen molar-refractivity contribution in [1.29, 1.82) is 0 Å². The molecule has 0 aliphatic carbocycles. The Labute approximate surface area is 162 Å². The fourth-order valence-electron chi connectivity index (χ4n) is 3.87. The molecule has 0 saturated carbocycles. The SMILES string of the molecule is Cc1ccc(N2C[C@H](C)Cn3c2nc2c3c(=O)n(CCCO)c(=O)n2C)cc1. The molecule has 1 atom stereocenters. The van der Waals surface area contributed by atoms with Crippen LogP contribution in [0.25, 0.3) is 11.2 Å². The van der Waals surface area contributed by atoms with Crippen molar-refractivity contribution in [3.8, 4) is 0 Å². The molecular formula is C20H25N5O3. The highest BCUT2D eigenvalue weighted by atomic mass is 16.3. The minimum absolute atomic E-state index is 0.0730. The molecule has 3 heterocycles. The number of hydrogen-bond acceptors (Lipinski definition) is 5. The molecule has 3 aromatic rings. The quantitative estimate of drug-likeness (QED) is 0.736. The van der Waals surface area contributed by atoms with Gasteiger partial charge in [-0.1, -0.05) is 24.6 Å². The zero-order chi connectivity index (χ0) is 20.0. The number of nitrogens with zero attached hydrogens (tertiary/aromatic N) is 5. The van der Waals surface area contributed by atoms with Crippen molar-refractivity contribution in [3.05, 3.63) is 50.7 Å². The zero-order valence-corrected chi connectivity index (χ0v) is 16.4. The van der Waals surface area contributed by atoms with Crippen LogP contribution < -0.4 is 16.1 Å². The largest absolute Gasteiger partial charge is 0.396 e. The predicted molar refractivity (Wildman–Crippen MR) is 108 cm³/mol. The topological polar surface area (TPSA) is 85.3 Å². The molecule has 0 fully saturated rings. The maximum atomic E-state index is 13.1. The van der Waals surface area contributed by atoms with Crippen LogP contribution in [0.15, 0.2) is 33.9 Å². The van der Waals surface area contributed by atoms with Crippen LogP contribution in [0, 0.1) is 12.8 Å². The van der Waals surface area contributed by atoms with E-state index in [1.54, 1.807) is 7.05 Å². The minimum atomic E-state index is -0.406. The molecule has 0 amide bonds. The highest BCUT2D eigenvalue weighted by Gasteiger charge is 2.29. The second kappa shape index (κ2) is 6.94. The third-order valence-electron chi connectivity index (χ3n) is 5.33. The van der Waals surface area contributed by atoms with E-state index in [9.17, 15) is 9.59 Å². The van der Waals surface area contributed by atoms with Gasteiger partial charge in [-0.3, -0.25) is 13.9 Å². The van der Waals surface area contributed by atoms with Gasteiger partial charge in [0, 0.05) is 39.0 Å². The monoisotopic (exact) mass is 383 g/mol. The van der Waals surface area contributed by atoms with E-state index in [1.807, 2.05) is 11.5 Å². The lowest BCUT2D eigenvalue weighted by atomic mass is 10.1. The number of fused-ring (bicyclic) bond motifs is 3. The number of aliphatic hydroxyl groups is 1. The number of anilines is 2. The molecule has 1 aliphatic rings. The predicted octanol–water partition coefficient (Wildman–Crippen LogP) is 1.38. The van der Waals surface area contributed by atoms with E-state index in [2.05, 4.69) is 36.1 Å². The summed E-state index contributed by atoms with van der Waals surface area (Å²) in [6.07, 6.45) is 0.355. The van der Waals surface area contributed by atoms with E-state index < -0.39 is 5.69 Å². The van der Waals surface area contributed by atoms with Crippen molar-refractivity contribution in [2.75, 3.05) is 18.1 Å². The summed E-state index contributed by atoms with van der Waals surface area (Å²) in [6, 6.07) is 8.21. The van der Waals surface area contributed by atoms with Crippen LogP contribution in [0.2, 0.25) is 0 Å². The van der Waals surface area contributed by atoms with Crippen LogP contribution in [-0.2, 0) is 20.1 Å². The van der Waals surface area contributed by atoms with Crippen LogP contribution in [0.5, 0.6) is 0 Å². The molecule has 8 heteroatoms. The fourth-order valence-corrected chi connectivity index (χ4v) is 3.87. The van der Waals surface area contributed by atoms with Gasteiger partial charge in [0.25, 0.3) is 5.56 Å². The lowest BCUT2D eigenvalue weighted by Gasteiger charge is -2.33. The summed E-state index contributed by atoms with van der Waals surface area (Å²) in [4.78, 5) is 32.6. The van der Waals surface area contributed by atoms with Crippen molar-refractivity contribution in [1.82, 2.24) is 18.7 Å². The summed E-state index contributed by atoms with van der Waals surface area (Å²) < 4.78 is 4.56. The Kier molecular flexibility index (Phi) is 4.58. The molecule has 0 radical (unpaired) electrons. The lowest BCUT2D eigenvalue weighted by molar-refractivity contribution is 0.277. The highest BCUT2D eigenvalue weighted by molar-refractivity contribution is 5.77. The number of rotatable bonds is 4. The molecule has 8 nitrogen and oxygen atoms in total. The summed E-state index contributed by atoms with van der Waals surface area (Å²) in [7, 11) is 1.64. The van der Waals surface area contributed by atoms with Gasteiger partial charge < -0.3 is 14.6 Å². The van der Waals surface area contributed by atoms with Gasteiger partial charge in [0.15, 0.2) is 11.2 Å². The summed E-state index contributed by atoms with van der Waals surface area (Å²) in [5.41, 5.74) is 2.28. The summed E-state index contributed by atoms with van der Waals surface area (Å²) in [5, 5.41) is 9.11. The highest BCUT2D eigenvalue weighted by Crippen LogP contribution is 2.32. The van der Waals surface area contributed by atoms with Gasteiger partial charge in [0.05, 0.1) is 0 Å². The van der Waals surface area contributed by atoms with Gasteiger partial charge >= 0.3 is 5.69 Å². The van der Waals surface area contributed by atoms with E-state index >= 15 is 0 Å². The number of hydrogen-bond donors (Lipinski definition) is 1. The standard InChI is InChI=1S/C20H25N5O3/c1-13-5-7-15(8-6-13)24-11-14(2)12-25-16-17(21-19(24)25)22(3)20(28)23(18(16)27)9-4-10-26/h5-8,14,26H,4,9-12H2,1-3H3/t14-/m0/s1. The van der Waals surface area contributed by atoms with Crippen LogP contribution >= 0.6 is 0 Å². The molecule has 0 saturated heterocycles. The normalized spacial score (nSPS) is 16.6. The van der Waals surface area contributed by atoms with Crippen molar-refractivity contribution >= 4 is 22.8 Å². The number of benzene rings is 1. The minimum Gasteiger partial charge on any atom is -0.396 e. The van der Waals surface area contributed by atoms with Crippen LogP contribution in [0.4, 0.5) is 11.6 Å². The lowest BCUT2D eigenvalue weighted by Crippen LogP contribution is -2.40. The van der Waals surface area contributed by atoms with Crippen LogP contribution in [0.3, 0.4) is 0 Å². The van der Waals surface area contributed by atoms with E-state index in [0.717, 1.165) is 12.2 Å². The first-order valence-corrected chi connectivity index (χ1v) is 9.57. The molecule has 28 heavy (non-hydrogen) atoms. The fraction of sp³-hybridized carbons (Fsp3) is 0.450. The summed E-state index contributed by atoms with van der Waals surface area (Å²) >= 11 is 0. The second-order valence-electron chi connectivity index (χ2n) is 7.62. The van der Waals surface area contributed by atoms with Crippen LogP contribution in [0.1, 0.15) is 18.9 Å². The molecule has 1 aliphatic heterocycles. The molecule has 148 valence electrons. The number of aromatic nitrogens is 4. The first-order chi connectivity index (χ1) is 13.4. The Morgan fingerprint density at radius 3 is 2.57 bits per heavy atom. The number of imidazole rings is 1. The molecular weight excluding hydrogens is 358 g/mol. The van der Waals surface area contributed by atoms with Crippen molar-refractivity contribution in [2.24, 2.45) is 13.0 Å². The third-order valence-corrected chi connectivity index (χ3v) is 5.33. The van der Waals surface area contributed by atoms with E-state index in [-0.39, 0.29) is 18.7 Å². The van der Waals surface area contributed by atoms with Crippen molar-refractivity contribution < 1.29 is 5.11 Å². The first-order valence-electron chi connectivity index (χ1n) is 9.57. The Bertz CT molecular complexity index is 1140. The van der Waals surface area contributed by atoms with E-state index in [1.165, 1.54) is 14.7 Å². The Morgan fingerprint density at radius 2 is 1.89 bits per heavy atom. The third kappa shape index (κ3) is 2.84. The number of aliphatic hydroxyl groups excluding tert-OH is 1. The Balaban J connectivity index is 1.96. The van der Waals surface area contributed by atoms with Gasteiger partial charge in [0.1, 0.15) is 0 Å². The second-order valence-corrected chi connectivity index (χ2v) is 7.62. The average molecular weight is 383 g/mol. The van der Waals surface area contributed by atoms with Gasteiger partial charge in [-0.25, -0.2) is 4.79 Å². The smallest absolute Gasteiger partial charge is 0.332 e. The molecule has 4 rings (SSSR count). The Hall–Kier alpha value is -2.87. The molecule has 1 aromatic carbocycles. The first kappa shape index (κ1) is 18.5. The average Bonchev–Trinajstić information content (AvgIpc) is 3.06. The summed E-state index contributed by atoms with van der Waals surface area (Å²) in [5.74, 6) is 0.998. The summed E-state index contributed by atoms with van der Waals surface area (Å²) in [6.45, 7) is 5.76. The van der Waals surface area contributed by atoms with E-state index in [4.69, 9.17) is 10.1 Å². The van der Waals surface area contributed by atoms with E-state index in [0.29, 0.717) is 36.0 Å². The van der Waals surface area contributed by atoms with Crippen LogP contribution in [-0.4, -0.2) is 36.9 Å². The molecule has 0 bridgehead atoms. The van der Waals surface area contributed by atoms with Gasteiger partial charge in [0.2, 0.25) is 5.95 Å². The van der Waals surface area contributed by atoms with Gasteiger partial charge in [-0.2, -0.15) is 4.98 Å².